The van der Waals surface area contributed by atoms with Crippen molar-refractivity contribution in [3.05, 3.63) is 28.2 Å². The van der Waals surface area contributed by atoms with E-state index in [0.29, 0.717) is 22.5 Å². The molecule has 11 heteroatoms. The van der Waals surface area contributed by atoms with Gasteiger partial charge in [0.1, 0.15) is 0 Å². The molecule has 0 bridgehead atoms. The van der Waals surface area contributed by atoms with Crippen molar-refractivity contribution in [1.82, 2.24) is 20.2 Å². The second-order valence-corrected chi connectivity index (χ2v) is 9.50. The maximum atomic E-state index is 12.5. The maximum absolute atomic E-state index is 12.5. The molecule has 0 radical (unpaired) electrons. The topological polar surface area (TPSA) is 87.0 Å². The average molecular weight is 423 g/mol. The summed E-state index contributed by atoms with van der Waals surface area (Å²) in [7, 11) is -3.54. The second kappa shape index (κ2) is 8.22. The third-order valence-corrected chi connectivity index (χ3v) is 7.35. The van der Waals surface area contributed by atoms with Gasteiger partial charge in [0.15, 0.2) is 9.84 Å². The molecule has 0 saturated carbocycles. The number of benzene rings is 1. The number of ether oxygens (including phenoxy) is 1. The highest BCUT2D eigenvalue weighted by atomic mass is 35.5. The number of hydrogen-bond donors (Lipinski definition) is 0. The van der Waals surface area contributed by atoms with Gasteiger partial charge >= 0.3 is 0 Å². The first-order chi connectivity index (χ1) is 12.0. The van der Waals surface area contributed by atoms with Crippen LogP contribution in [0, 0.1) is 0 Å². The van der Waals surface area contributed by atoms with Gasteiger partial charge in [-0.25, -0.2) is 13.1 Å². The summed E-state index contributed by atoms with van der Waals surface area (Å²) in [6.07, 6.45) is 2.12. The normalized spacial score (nSPS) is 17.9. The van der Waals surface area contributed by atoms with E-state index in [9.17, 15) is 8.42 Å². The van der Waals surface area contributed by atoms with Crippen LogP contribution < -0.4 is 0 Å². The Hall–Kier alpha value is -0.870. The molecular formula is C14H16Cl2N4O3S2. The number of sulfone groups is 1. The SMILES string of the molecule is O=S(=O)(CCSc1nnnn1CC1CCCO1)c1cc(Cl)ccc1Cl. The predicted molar refractivity (Wildman–Crippen MR) is 96.0 cm³/mol. The lowest BCUT2D eigenvalue weighted by Gasteiger charge is -2.10. The van der Waals surface area contributed by atoms with E-state index in [1.165, 1.54) is 23.9 Å². The van der Waals surface area contributed by atoms with Crippen LogP contribution in [0.3, 0.4) is 0 Å². The highest BCUT2D eigenvalue weighted by Gasteiger charge is 2.21. The first-order valence-electron chi connectivity index (χ1n) is 7.64. The molecule has 25 heavy (non-hydrogen) atoms. The fourth-order valence-electron chi connectivity index (χ4n) is 2.46. The molecule has 0 N–H and O–H groups in total. The number of thioether (sulfide) groups is 1. The van der Waals surface area contributed by atoms with Gasteiger partial charge in [-0.1, -0.05) is 35.0 Å². The van der Waals surface area contributed by atoms with Gasteiger partial charge in [0, 0.05) is 17.4 Å². The largest absolute Gasteiger partial charge is 0.376 e. The standard InChI is InChI=1S/C14H16Cl2N4O3S2/c15-10-3-4-12(16)13(8-10)25(21,22)7-6-24-14-17-18-19-20(14)9-11-2-1-5-23-11/h3-4,8,11H,1-2,5-7,9H2. The van der Waals surface area contributed by atoms with E-state index in [4.69, 9.17) is 27.9 Å². The van der Waals surface area contributed by atoms with Gasteiger partial charge in [-0.2, -0.15) is 0 Å². The monoisotopic (exact) mass is 422 g/mol. The van der Waals surface area contributed by atoms with Crippen LogP contribution >= 0.6 is 35.0 Å². The molecule has 1 fully saturated rings. The summed E-state index contributed by atoms with van der Waals surface area (Å²) in [5, 5.41) is 12.6. The molecular weight excluding hydrogens is 407 g/mol. The lowest BCUT2D eigenvalue weighted by Crippen LogP contribution is -2.17. The zero-order valence-electron chi connectivity index (χ0n) is 13.1. The second-order valence-electron chi connectivity index (χ2n) is 5.52. The summed E-state index contributed by atoms with van der Waals surface area (Å²) in [6, 6.07) is 4.40. The smallest absolute Gasteiger partial charge is 0.209 e. The number of tetrazole rings is 1. The third kappa shape index (κ3) is 4.85. The van der Waals surface area contributed by atoms with Crippen molar-refractivity contribution in [3.8, 4) is 0 Å². The Morgan fingerprint density at radius 3 is 2.96 bits per heavy atom. The van der Waals surface area contributed by atoms with Crippen molar-refractivity contribution in [1.29, 1.82) is 0 Å². The van der Waals surface area contributed by atoms with Crippen LogP contribution in [0.5, 0.6) is 0 Å². The number of halogens is 2. The maximum Gasteiger partial charge on any atom is 0.209 e. The summed E-state index contributed by atoms with van der Waals surface area (Å²) in [5.74, 6) is 0.210. The minimum atomic E-state index is -3.54. The predicted octanol–water partition coefficient (Wildman–Crippen LogP) is 2.72. The lowest BCUT2D eigenvalue weighted by molar-refractivity contribution is 0.0912. The molecule has 0 amide bonds. The van der Waals surface area contributed by atoms with E-state index in [1.54, 1.807) is 10.7 Å². The van der Waals surface area contributed by atoms with Crippen LogP contribution in [0.4, 0.5) is 0 Å². The molecule has 136 valence electrons. The fraction of sp³-hybridized carbons (Fsp3) is 0.500. The molecule has 1 unspecified atom stereocenters. The van der Waals surface area contributed by atoms with E-state index in [1.807, 2.05) is 0 Å². The average Bonchev–Trinajstić information content (AvgIpc) is 3.22. The number of aromatic nitrogens is 4. The highest BCUT2D eigenvalue weighted by Crippen LogP contribution is 2.27. The molecule has 3 rings (SSSR count). The summed E-state index contributed by atoms with van der Waals surface area (Å²) in [5.41, 5.74) is 0. The molecule has 7 nitrogen and oxygen atoms in total. The Morgan fingerprint density at radius 1 is 1.36 bits per heavy atom. The molecule has 2 heterocycles. The lowest BCUT2D eigenvalue weighted by atomic mass is 10.2. The summed E-state index contributed by atoms with van der Waals surface area (Å²) < 4.78 is 32.2. The Labute approximate surface area is 159 Å². The van der Waals surface area contributed by atoms with Crippen molar-refractivity contribution >= 4 is 44.8 Å². The van der Waals surface area contributed by atoms with E-state index < -0.39 is 9.84 Å². The molecule has 1 aliphatic rings. The minimum Gasteiger partial charge on any atom is -0.376 e. The molecule has 0 aliphatic carbocycles. The third-order valence-electron chi connectivity index (χ3n) is 3.71. The molecule has 2 aromatic rings. The number of rotatable bonds is 7. The van der Waals surface area contributed by atoms with Gasteiger partial charge in [-0.3, -0.25) is 0 Å². The van der Waals surface area contributed by atoms with Crippen LogP contribution in [-0.4, -0.2) is 52.8 Å². The van der Waals surface area contributed by atoms with Crippen molar-refractivity contribution in [2.75, 3.05) is 18.1 Å². The first kappa shape index (κ1) is 18.9. The van der Waals surface area contributed by atoms with E-state index in [0.717, 1.165) is 19.4 Å². The Bertz CT molecular complexity index is 838. The zero-order valence-corrected chi connectivity index (χ0v) is 16.3. The molecule has 1 aromatic heterocycles. The van der Waals surface area contributed by atoms with Crippen molar-refractivity contribution in [2.24, 2.45) is 0 Å². The summed E-state index contributed by atoms with van der Waals surface area (Å²) >= 11 is 13.1. The van der Waals surface area contributed by atoms with Crippen molar-refractivity contribution in [3.63, 3.8) is 0 Å². The highest BCUT2D eigenvalue weighted by molar-refractivity contribution is 8.00. The summed E-state index contributed by atoms with van der Waals surface area (Å²) in [4.78, 5) is 0.0428. The Kier molecular flexibility index (Phi) is 6.21. The zero-order chi connectivity index (χ0) is 17.9. The number of nitrogens with zero attached hydrogens (tertiary/aromatic N) is 4. The molecule has 1 aliphatic heterocycles. The van der Waals surface area contributed by atoms with Gasteiger partial charge in [-0.05, 0) is 41.5 Å². The van der Waals surface area contributed by atoms with Crippen LogP contribution in [0.1, 0.15) is 12.8 Å². The van der Waals surface area contributed by atoms with Crippen LogP contribution in [0.15, 0.2) is 28.3 Å². The summed E-state index contributed by atoms with van der Waals surface area (Å²) in [6.45, 7) is 1.33. The van der Waals surface area contributed by atoms with Crippen LogP contribution in [0.2, 0.25) is 10.0 Å². The Balaban J connectivity index is 1.61. The van der Waals surface area contributed by atoms with E-state index in [-0.39, 0.29) is 21.8 Å². The van der Waals surface area contributed by atoms with Crippen LogP contribution in [0.25, 0.3) is 0 Å². The molecule has 1 atom stereocenters. The van der Waals surface area contributed by atoms with Crippen LogP contribution in [-0.2, 0) is 21.1 Å². The fourth-order valence-corrected chi connectivity index (χ4v) is 5.81. The van der Waals surface area contributed by atoms with E-state index >= 15 is 0 Å². The Morgan fingerprint density at radius 2 is 2.20 bits per heavy atom. The quantitative estimate of drug-likeness (QED) is 0.633. The van der Waals surface area contributed by atoms with E-state index in [2.05, 4.69) is 15.5 Å². The van der Waals surface area contributed by atoms with Gasteiger partial charge in [-0.15, -0.1) is 5.10 Å². The van der Waals surface area contributed by atoms with Crippen molar-refractivity contribution in [2.45, 2.75) is 35.5 Å². The van der Waals surface area contributed by atoms with Gasteiger partial charge in [0.2, 0.25) is 5.16 Å². The van der Waals surface area contributed by atoms with Gasteiger partial charge in [0.05, 0.1) is 28.3 Å². The molecule has 1 aromatic carbocycles. The minimum absolute atomic E-state index is 0.0428. The first-order valence-corrected chi connectivity index (χ1v) is 11.0. The van der Waals surface area contributed by atoms with Crippen molar-refractivity contribution < 1.29 is 13.2 Å². The van der Waals surface area contributed by atoms with Gasteiger partial charge < -0.3 is 4.74 Å². The molecule has 0 spiro atoms. The van der Waals surface area contributed by atoms with Gasteiger partial charge in [0.25, 0.3) is 0 Å². The molecule has 1 saturated heterocycles. The number of hydrogen-bond acceptors (Lipinski definition) is 7.